The van der Waals surface area contributed by atoms with E-state index >= 15 is 0 Å². The molecule has 0 radical (unpaired) electrons. The SMILES string of the molecule is CC1CCC(N(C)C(=O)c2ccc(N)cc2F)CC1. The van der Waals surface area contributed by atoms with Crippen LogP contribution >= 0.6 is 0 Å². The number of hydrogen-bond acceptors (Lipinski definition) is 2. The second-order valence-electron chi connectivity index (χ2n) is 5.57. The van der Waals surface area contributed by atoms with Gasteiger partial charge in [-0.25, -0.2) is 4.39 Å². The molecule has 104 valence electrons. The van der Waals surface area contributed by atoms with Gasteiger partial charge in [-0.1, -0.05) is 6.92 Å². The van der Waals surface area contributed by atoms with Crippen molar-refractivity contribution in [3.05, 3.63) is 29.6 Å². The van der Waals surface area contributed by atoms with E-state index in [1.807, 2.05) is 0 Å². The molecule has 0 saturated heterocycles. The van der Waals surface area contributed by atoms with Gasteiger partial charge in [0.15, 0.2) is 0 Å². The van der Waals surface area contributed by atoms with Gasteiger partial charge in [-0.2, -0.15) is 0 Å². The van der Waals surface area contributed by atoms with Gasteiger partial charge >= 0.3 is 0 Å². The molecule has 0 heterocycles. The molecular weight excluding hydrogens is 243 g/mol. The Bertz CT molecular complexity index is 467. The van der Waals surface area contributed by atoms with Gasteiger partial charge in [0.25, 0.3) is 5.91 Å². The minimum absolute atomic E-state index is 0.107. The predicted octanol–water partition coefficient (Wildman–Crippen LogP) is 3.06. The third-order valence-corrected chi connectivity index (χ3v) is 4.08. The molecule has 0 unspecified atom stereocenters. The van der Waals surface area contributed by atoms with Gasteiger partial charge in [-0.05, 0) is 49.8 Å². The van der Waals surface area contributed by atoms with Crippen LogP contribution in [0.25, 0.3) is 0 Å². The molecule has 0 spiro atoms. The van der Waals surface area contributed by atoms with Crippen LogP contribution in [0.3, 0.4) is 0 Å². The van der Waals surface area contributed by atoms with Crippen molar-refractivity contribution in [2.45, 2.75) is 38.6 Å². The maximum absolute atomic E-state index is 13.8. The Morgan fingerprint density at radius 2 is 1.95 bits per heavy atom. The van der Waals surface area contributed by atoms with Crippen molar-refractivity contribution >= 4 is 11.6 Å². The van der Waals surface area contributed by atoms with Crippen LogP contribution in [0.4, 0.5) is 10.1 Å². The summed E-state index contributed by atoms with van der Waals surface area (Å²) in [5, 5.41) is 0. The molecule has 0 aromatic heterocycles. The maximum atomic E-state index is 13.8. The van der Waals surface area contributed by atoms with E-state index in [4.69, 9.17) is 5.73 Å². The van der Waals surface area contributed by atoms with Crippen LogP contribution < -0.4 is 5.73 Å². The second-order valence-corrected chi connectivity index (χ2v) is 5.57. The van der Waals surface area contributed by atoms with E-state index in [1.165, 1.54) is 12.1 Å². The topological polar surface area (TPSA) is 46.3 Å². The van der Waals surface area contributed by atoms with Crippen LogP contribution in [0.1, 0.15) is 43.0 Å². The van der Waals surface area contributed by atoms with Crippen LogP contribution in [0, 0.1) is 11.7 Å². The number of halogens is 1. The van der Waals surface area contributed by atoms with Gasteiger partial charge in [-0.15, -0.1) is 0 Å². The van der Waals surface area contributed by atoms with Crippen molar-refractivity contribution in [2.24, 2.45) is 5.92 Å². The monoisotopic (exact) mass is 264 g/mol. The van der Waals surface area contributed by atoms with Gasteiger partial charge in [0, 0.05) is 18.8 Å². The van der Waals surface area contributed by atoms with Gasteiger partial charge in [0.2, 0.25) is 0 Å². The Labute approximate surface area is 113 Å². The fraction of sp³-hybridized carbons (Fsp3) is 0.533. The number of nitrogens with zero attached hydrogens (tertiary/aromatic N) is 1. The third-order valence-electron chi connectivity index (χ3n) is 4.08. The van der Waals surface area contributed by atoms with Crippen molar-refractivity contribution in [1.82, 2.24) is 4.90 Å². The van der Waals surface area contributed by atoms with E-state index in [0.717, 1.165) is 31.6 Å². The zero-order valence-electron chi connectivity index (χ0n) is 11.5. The van der Waals surface area contributed by atoms with E-state index in [2.05, 4.69) is 6.92 Å². The molecule has 0 bridgehead atoms. The summed E-state index contributed by atoms with van der Waals surface area (Å²) in [5.41, 5.74) is 5.94. The predicted molar refractivity (Wildman–Crippen MR) is 74.3 cm³/mol. The van der Waals surface area contributed by atoms with Crippen molar-refractivity contribution in [2.75, 3.05) is 12.8 Å². The molecule has 0 aliphatic heterocycles. The molecule has 1 saturated carbocycles. The number of rotatable bonds is 2. The fourth-order valence-electron chi connectivity index (χ4n) is 2.69. The minimum Gasteiger partial charge on any atom is -0.399 e. The van der Waals surface area contributed by atoms with Gasteiger partial charge in [-0.3, -0.25) is 4.79 Å². The lowest BCUT2D eigenvalue weighted by Crippen LogP contribution is -2.39. The molecule has 1 aromatic carbocycles. The van der Waals surface area contributed by atoms with Crippen molar-refractivity contribution < 1.29 is 9.18 Å². The summed E-state index contributed by atoms with van der Waals surface area (Å²) in [6, 6.07) is 4.45. The van der Waals surface area contributed by atoms with Crippen LogP contribution in [-0.2, 0) is 0 Å². The summed E-state index contributed by atoms with van der Waals surface area (Å²) in [4.78, 5) is 14.0. The summed E-state index contributed by atoms with van der Waals surface area (Å²) in [7, 11) is 1.76. The Balaban J connectivity index is 2.10. The molecule has 0 atom stereocenters. The standard InChI is InChI=1S/C15H21FN2O/c1-10-3-6-12(7-4-10)18(2)15(19)13-8-5-11(17)9-14(13)16/h5,8-10,12H,3-4,6-7,17H2,1-2H3. The molecule has 3 nitrogen and oxygen atoms in total. The van der Waals surface area contributed by atoms with Crippen LogP contribution in [0.5, 0.6) is 0 Å². The van der Waals surface area contributed by atoms with Crippen LogP contribution in [-0.4, -0.2) is 23.9 Å². The normalized spacial score (nSPS) is 23.1. The lowest BCUT2D eigenvalue weighted by Gasteiger charge is -2.33. The number of hydrogen-bond donors (Lipinski definition) is 1. The van der Waals surface area contributed by atoms with E-state index in [1.54, 1.807) is 18.0 Å². The summed E-state index contributed by atoms with van der Waals surface area (Å²) in [5.74, 6) is -0.0638. The highest BCUT2D eigenvalue weighted by molar-refractivity contribution is 5.94. The molecule has 1 amide bonds. The zero-order chi connectivity index (χ0) is 14.0. The number of carbonyl (C=O) groups excluding carboxylic acids is 1. The molecule has 1 aliphatic rings. The quantitative estimate of drug-likeness (QED) is 0.834. The first-order valence-corrected chi connectivity index (χ1v) is 6.81. The van der Waals surface area contributed by atoms with Crippen LogP contribution in [0.2, 0.25) is 0 Å². The summed E-state index contributed by atoms with van der Waals surface area (Å²) in [6.45, 7) is 2.23. The number of benzene rings is 1. The minimum atomic E-state index is -0.541. The number of anilines is 1. The van der Waals surface area contributed by atoms with Gasteiger partial charge in [0.05, 0.1) is 5.56 Å². The molecule has 1 fully saturated rings. The highest BCUT2D eigenvalue weighted by Gasteiger charge is 2.26. The fourth-order valence-corrected chi connectivity index (χ4v) is 2.69. The second kappa shape index (κ2) is 5.59. The molecule has 2 rings (SSSR count). The third kappa shape index (κ3) is 3.06. The molecule has 1 aromatic rings. The Hall–Kier alpha value is -1.58. The first kappa shape index (κ1) is 13.8. The average molecular weight is 264 g/mol. The van der Waals surface area contributed by atoms with Gasteiger partial charge < -0.3 is 10.6 Å². The summed E-state index contributed by atoms with van der Waals surface area (Å²) < 4.78 is 13.8. The highest BCUT2D eigenvalue weighted by atomic mass is 19.1. The summed E-state index contributed by atoms with van der Waals surface area (Å²) in [6.07, 6.45) is 4.26. The average Bonchev–Trinajstić information content (AvgIpc) is 2.38. The Kier molecular flexibility index (Phi) is 4.08. The number of nitrogens with two attached hydrogens (primary N) is 1. The van der Waals surface area contributed by atoms with Gasteiger partial charge in [0.1, 0.15) is 5.82 Å². The van der Waals surface area contributed by atoms with Crippen molar-refractivity contribution in [3.8, 4) is 0 Å². The van der Waals surface area contributed by atoms with E-state index in [-0.39, 0.29) is 17.5 Å². The van der Waals surface area contributed by atoms with E-state index in [9.17, 15) is 9.18 Å². The first-order chi connectivity index (χ1) is 8.99. The molecule has 19 heavy (non-hydrogen) atoms. The lowest BCUT2D eigenvalue weighted by atomic mass is 9.86. The van der Waals surface area contributed by atoms with Crippen LogP contribution in [0.15, 0.2) is 18.2 Å². The summed E-state index contributed by atoms with van der Waals surface area (Å²) >= 11 is 0. The van der Waals surface area contributed by atoms with E-state index in [0.29, 0.717) is 5.69 Å². The number of carbonyl (C=O) groups is 1. The largest absolute Gasteiger partial charge is 0.399 e. The molecule has 1 aliphatic carbocycles. The highest BCUT2D eigenvalue weighted by Crippen LogP contribution is 2.27. The maximum Gasteiger partial charge on any atom is 0.256 e. The van der Waals surface area contributed by atoms with E-state index < -0.39 is 5.82 Å². The Morgan fingerprint density at radius 3 is 2.53 bits per heavy atom. The van der Waals surface area contributed by atoms with Crippen molar-refractivity contribution in [3.63, 3.8) is 0 Å². The first-order valence-electron chi connectivity index (χ1n) is 6.81. The zero-order valence-corrected chi connectivity index (χ0v) is 11.5. The number of nitrogen functional groups attached to an aromatic ring is 1. The number of amides is 1. The molecular formula is C15H21FN2O. The molecule has 2 N–H and O–H groups in total. The smallest absolute Gasteiger partial charge is 0.256 e. The molecule has 4 heteroatoms. The Morgan fingerprint density at radius 1 is 1.32 bits per heavy atom. The lowest BCUT2D eigenvalue weighted by molar-refractivity contribution is 0.0675. The van der Waals surface area contributed by atoms with Crippen molar-refractivity contribution in [1.29, 1.82) is 0 Å².